The number of urea groups is 1. The Labute approximate surface area is 211 Å². The van der Waals surface area contributed by atoms with Crippen LogP contribution < -0.4 is 16.3 Å². The maximum Gasteiger partial charge on any atom is 0.344 e. The zero-order valence-corrected chi connectivity index (χ0v) is 20.0. The van der Waals surface area contributed by atoms with Crippen molar-refractivity contribution in [3.63, 3.8) is 0 Å². The van der Waals surface area contributed by atoms with Crippen molar-refractivity contribution in [1.82, 2.24) is 30.6 Å². The number of para-hydroxylation sites is 1. The molecule has 4 amide bonds. The van der Waals surface area contributed by atoms with Crippen molar-refractivity contribution in [3.05, 3.63) is 112 Å². The maximum atomic E-state index is 13.7. The van der Waals surface area contributed by atoms with Crippen molar-refractivity contribution in [3.8, 4) is 0 Å². The van der Waals surface area contributed by atoms with Crippen LogP contribution in [0.15, 0.2) is 89.7 Å². The maximum absolute atomic E-state index is 13.7. The molecule has 4 aromatic rings. The average molecular weight is 497 g/mol. The van der Waals surface area contributed by atoms with Crippen molar-refractivity contribution in [2.45, 2.75) is 12.1 Å². The van der Waals surface area contributed by atoms with Crippen LogP contribution in [0.5, 0.6) is 0 Å². The van der Waals surface area contributed by atoms with Gasteiger partial charge in [0.2, 0.25) is 0 Å². The van der Waals surface area contributed by atoms with Crippen molar-refractivity contribution >= 4 is 28.7 Å². The van der Waals surface area contributed by atoms with Crippen LogP contribution in [0.25, 0.3) is 10.9 Å². The molecule has 3 aromatic carbocycles. The molecule has 0 radical (unpaired) electrons. The van der Waals surface area contributed by atoms with Gasteiger partial charge in [0, 0.05) is 0 Å². The standard InChI is InChI=1S/C27H24N6O4/c1-32(16-22-28-21-15-9-8-14-20(21)24(35)29-22)17-23(34)31-33-25(36)27(30-26(33)37,18-10-4-2-5-11-18)19-12-6-3-7-13-19/h2-15H,16-17H2,1H3,(H,30,37)(H,31,34)(H,28,29,35). The van der Waals surface area contributed by atoms with Gasteiger partial charge < -0.3 is 10.3 Å². The third-order valence-corrected chi connectivity index (χ3v) is 6.17. The smallest absolute Gasteiger partial charge is 0.314 e. The zero-order valence-electron chi connectivity index (χ0n) is 20.0. The molecule has 0 spiro atoms. The zero-order chi connectivity index (χ0) is 26.0. The average Bonchev–Trinajstić information content (AvgIpc) is 3.15. The number of imide groups is 1. The number of H-pyrrole nitrogens is 1. The molecule has 3 N–H and O–H groups in total. The van der Waals surface area contributed by atoms with Gasteiger partial charge in [-0.3, -0.25) is 24.7 Å². The Morgan fingerprint density at radius 2 is 1.51 bits per heavy atom. The summed E-state index contributed by atoms with van der Waals surface area (Å²) in [6, 6.07) is 24.0. The Kier molecular flexibility index (Phi) is 6.24. The number of carbonyl (C=O) groups excluding carboxylic acids is 3. The number of hydrazine groups is 1. The molecule has 1 fully saturated rings. The molecule has 10 nitrogen and oxygen atoms in total. The highest BCUT2D eigenvalue weighted by Crippen LogP contribution is 2.35. The molecule has 1 aliphatic rings. The van der Waals surface area contributed by atoms with Crippen LogP contribution in [0, 0.1) is 0 Å². The van der Waals surface area contributed by atoms with E-state index in [1.807, 2.05) is 12.1 Å². The minimum atomic E-state index is -1.48. The van der Waals surface area contributed by atoms with Crippen molar-refractivity contribution in [2.75, 3.05) is 13.6 Å². The fraction of sp³-hybridized carbons (Fsp3) is 0.148. The lowest BCUT2D eigenvalue weighted by Gasteiger charge is -2.28. The van der Waals surface area contributed by atoms with Gasteiger partial charge in [-0.1, -0.05) is 72.8 Å². The summed E-state index contributed by atoms with van der Waals surface area (Å²) in [7, 11) is 1.67. The van der Waals surface area contributed by atoms with Crippen LogP contribution in [0.2, 0.25) is 0 Å². The highest BCUT2D eigenvalue weighted by Gasteiger charge is 2.54. The molecule has 0 atom stereocenters. The van der Waals surface area contributed by atoms with Crippen LogP contribution >= 0.6 is 0 Å². The SMILES string of the molecule is CN(CC(=O)NN1C(=O)NC(c2ccccc2)(c2ccccc2)C1=O)Cc1nc2ccccc2c(=O)[nH]1. The van der Waals surface area contributed by atoms with Crippen LogP contribution in [0.3, 0.4) is 0 Å². The summed E-state index contributed by atoms with van der Waals surface area (Å²) >= 11 is 0. The van der Waals surface area contributed by atoms with Crippen molar-refractivity contribution in [2.24, 2.45) is 0 Å². The lowest BCUT2D eigenvalue weighted by Crippen LogP contribution is -2.51. The number of aromatic nitrogens is 2. The van der Waals surface area contributed by atoms with Crippen molar-refractivity contribution in [1.29, 1.82) is 0 Å². The lowest BCUT2D eigenvalue weighted by molar-refractivity contribution is -0.138. The predicted octanol–water partition coefficient (Wildman–Crippen LogP) is 1.88. The van der Waals surface area contributed by atoms with E-state index in [1.165, 1.54) is 0 Å². The number of carbonyl (C=O) groups is 3. The lowest BCUT2D eigenvalue weighted by atomic mass is 9.83. The first-order valence-electron chi connectivity index (χ1n) is 11.6. The third kappa shape index (κ3) is 4.45. The van der Waals surface area contributed by atoms with Gasteiger partial charge in [-0.15, -0.1) is 0 Å². The van der Waals surface area contributed by atoms with E-state index in [0.717, 1.165) is 0 Å². The van der Waals surface area contributed by atoms with Crippen LogP contribution in [-0.4, -0.2) is 51.3 Å². The quantitative estimate of drug-likeness (QED) is 0.335. The molecule has 1 aromatic heterocycles. The fourth-order valence-corrected chi connectivity index (χ4v) is 4.49. The van der Waals surface area contributed by atoms with Crippen LogP contribution in [-0.2, 0) is 21.7 Å². The topological polar surface area (TPSA) is 128 Å². The molecule has 0 bridgehead atoms. The number of amides is 4. The Morgan fingerprint density at radius 1 is 0.919 bits per heavy atom. The second-order valence-corrected chi connectivity index (χ2v) is 8.79. The van der Waals surface area contributed by atoms with Gasteiger partial charge in [0.25, 0.3) is 17.4 Å². The summed E-state index contributed by atoms with van der Waals surface area (Å²) in [4.78, 5) is 60.5. The minimum Gasteiger partial charge on any atom is -0.314 e. The number of aromatic amines is 1. The molecule has 10 heteroatoms. The first kappa shape index (κ1) is 23.9. The highest BCUT2D eigenvalue weighted by atomic mass is 16.2. The molecule has 0 saturated carbocycles. The molecule has 0 aliphatic carbocycles. The first-order chi connectivity index (χ1) is 17.9. The predicted molar refractivity (Wildman–Crippen MR) is 136 cm³/mol. The number of hydrogen-bond acceptors (Lipinski definition) is 6. The number of nitrogens with one attached hydrogen (secondary N) is 3. The molecule has 5 rings (SSSR count). The summed E-state index contributed by atoms with van der Waals surface area (Å²) in [6.07, 6.45) is 0. The minimum absolute atomic E-state index is 0.155. The third-order valence-electron chi connectivity index (χ3n) is 6.17. The molecule has 1 aliphatic heterocycles. The number of likely N-dealkylation sites (N-methyl/N-ethyl adjacent to an activating group) is 1. The number of nitrogens with zero attached hydrogens (tertiary/aromatic N) is 3. The monoisotopic (exact) mass is 496 g/mol. The largest absolute Gasteiger partial charge is 0.344 e. The molecule has 0 unspecified atom stereocenters. The van der Waals surface area contributed by atoms with E-state index < -0.39 is 23.4 Å². The summed E-state index contributed by atoms with van der Waals surface area (Å²) in [5, 5.41) is 3.97. The molecule has 37 heavy (non-hydrogen) atoms. The number of hydrogen-bond donors (Lipinski definition) is 3. The van der Waals surface area contributed by atoms with Crippen molar-refractivity contribution < 1.29 is 14.4 Å². The van der Waals surface area contributed by atoms with Crippen LogP contribution in [0.1, 0.15) is 17.0 Å². The summed E-state index contributed by atoms with van der Waals surface area (Å²) in [6.45, 7) is 0.0167. The van der Waals surface area contributed by atoms with Crippen LogP contribution in [0.4, 0.5) is 4.79 Å². The molecule has 2 heterocycles. The van der Waals surface area contributed by atoms with Gasteiger partial charge in [0.1, 0.15) is 5.82 Å². The molecular weight excluding hydrogens is 472 g/mol. The van der Waals surface area contributed by atoms with E-state index in [9.17, 15) is 19.2 Å². The summed E-state index contributed by atoms with van der Waals surface area (Å²) in [5.74, 6) is -0.807. The van der Waals surface area contributed by atoms with Gasteiger partial charge in [0.15, 0.2) is 5.54 Å². The Balaban J connectivity index is 1.32. The Bertz CT molecular complexity index is 1500. The summed E-state index contributed by atoms with van der Waals surface area (Å²) < 4.78 is 0. The van der Waals surface area contributed by atoms with E-state index in [0.29, 0.717) is 32.9 Å². The van der Waals surface area contributed by atoms with E-state index in [4.69, 9.17) is 0 Å². The van der Waals surface area contributed by atoms with Gasteiger partial charge in [-0.05, 0) is 30.3 Å². The molecular formula is C27H24N6O4. The second-order valence-electron chi connectivity index (χ2n) is 8.79. The van der Waals surface area contributed by atoms with Gasteiger partial charge in [-0.2, -0.15) is 5.01 Å². The summed E-state index contributed by atoms with van der Waals surface area (Å²) in [5.41, 5.74) is 2.37. The van der Waals surface area contributed by atoms with E-state index in [2.05, 4.69) is 20.7 Å². The number of benzene rings is 3. The number of rotatable bonds is 7. The fourth-order valence-electron chi connectivity index (χ4n) is 4.49. The number of fused-ring (bicyclic) bond motifs is 1. The second kappa shape index (κ2) is 9.67. The first-order valence-corrected chi connectivity index (χ1v) is 11.6. The van der Waals surface area contributed by atoms with Gasteiger partial charge in [-0.25, -0.2) is 9.78 Å². The van der Waals surface area contributed by atoms with E-state index in [1.54, 1.807) is 84.7 Å². The molecule has 186 valence electrons. The Hall–Kier alpha value is -4.83. The highest BCUT2D eigenvalue weighted by molar-refractivity contribution is 6.10. The van der Waals surface area contributed by atoms with E-state index >= 15 is 0 Å². The normalized spacial score (nSPS) is 14.7. The van der Waals surface area contributed by atoms with E-state index in [-0.39, 0.29) is 18.6 Å². The van der Waals surface area contributed by atoms with Gasteiger partial charge >= 0.3 is 6.03 Å². The van der Waals surface area contributed by atoms with Gasteiger partial charge in [0.05, 0.1) is 24.0 Å². The Morgan fingerprint density at radius 3 is 2.16 bits per heavy atom. The molecule has 1 saturated heterocycles.